The number of halogens is 2. The zero-order chi connectivity index (χ0) is 22.7. The van der Waals surface area contributed by atoms with Gasteiger partial charge in [0.05, 0.1) is 4.90 Å². The third kappa shape index (κ3) is 4.69. The van der Waals surface area contributed by atoms with Gasteiger partial charge in [0.2, 0.25) is 15.9 Å². The predicted octanol–water partition coefficient (Wildman–Crippen LogP) is 4.01. The van der Waals surface area contributed by atoms with Crippen molar-refractivity contribution in [3.05, 3.63) is 90.0 Å². The molecule has 32 heavy (non-hydrogen) atoms. The Labute approximate surface area is 189 Å². The van der Waals surface area contributed by atoms with Gasteiger partial charge >= 0.3 is 0 Å². The standard InChI is InChI=1S/C23H20F2N2O3S2/c24-19-8-11-21(25)18(14-19)15-26-22(28)23-27(12-13-31-23)32(29,30)20-9-6-17(7-10-20)16-4-2-1-3-5-16/h1-11,14,23H,12-13,15H2,(H,26,28). The molecule has 0 bridgehead atoms. The zero-order valence-corrected chi connectivity index (χ0v) is 18.5. The average molecular weight is 475 g/mol. The number of nitrogens with one attached hydrogen (secondary N) is 1. The molecule has 1 aliphatic heterocycles. The molecule has 3 aromatic rings. The molecule has 1 fully saturated rings. The Hall–Kier alpha value is -2.75. The van der Waals surface area contributed by atoms with Gasteiger partial charge in [0.25, 0.3) is 0 Å². The molecule has 1 N–H and O–H groups in total. The topological polar surface area (TPSA) is 66.5 Å². The van der Waals surface area contributed by atoms with Crippen molar-refractivity contribution in [2.75, 3.05) is 12.3 Å². The third-order valence-electron chi connectivity index (χ3n) is 5.10. The summed E-state index contributed by atoms with van der Waals surface area (Å²) in [6.07, 6.45) is 0. The van der Waals surface area contributed by atoms with E-state index in [-0.39, 0.29) is 23.5 Å². The molecule has 1 aliphatic rings. The van der Waals surface area contributed by atoms with E-state index in [9.17, 15) is 22.0 Å². The summed E-state index contributed by atoms with van der Waals surface area (Å²) >= 11 is 1.19. The SMILES string of the molecule is O=C(NCc1cc(F)ccc1F)C1SCCN1S(=O)(=O)c1ccc(-c2ccccc2)cc1. The van der Waals surface area contributed by atoms with E-state index in [1.165, 1.54) is 23.9 Å². The fourth-order valence-electron chi connectivity index (χ4n) is 3.44. The minimum absolute atomic E-state index is 0.00717. The van der Waals surface area contributed by atoms with Crippen molar-refractivity contribution in [3.8, 4) is 11.1 Å². The summed E-state index contributed by atoms with van der Waals surface area (Å²) < 4.78 is 54.7. The molecule has 3 aromatic carbocycles. The molecule has 0 saturated carbocycles. The Morgan fingerprint density at radius 3 is 2.41 bits per heavy atom. The molecule has 0 spiro atoms. The lowest BCUT2D eigenvalue weighted by atomic mass is 10.1. The molecule has 0 aliphatic carbocycles. The minimum atomic E-state index is -3.91. The van der Waals surface area contributed by atoms with E-state index in [4.69, 9.17) is 0 Å². The van der Waals surface area contributed by atoms with Crippen LogP contribution >= 0.6 is 11.8 Å². The van der Waals surface area contributed by atoms with E-state index in [2.05, 4.69) is 5.32 Å². The van der Waals surface area contributed by atoms with Gasteiger partial charge in [-0.3, -0.25) is 4.79 Å². The fourth-order valence-corrected chi connectivity index (χ4v) is 6.54. The van der Waals surface area contributed by atoms with Crippen LogP contribution in [-0.4, -0.2) is 36.3 Å². The number of hydrogen-bond acceptors (Lipinski definition) is 4. The van der Waals surface area contributed by atoms with Crippen LogP contribution in [0.25, 0.3) is 11.1 Å². The third-order valence-corrected chi connectivity index (χ3v) is 8.32. The van der Waals surface area contributed by atoms with Crippen LogP contribution in [0.4, 0.5) is 8.78 Å². The molecule has 1 amide bonds. The highest BCUT2D eigenvalue weighted by Gasteiger charge is 2.40. The number of sulfonamides is 1. The van der Waals surface area contributed by atoms with E-state index in [0.29, 0.717) is 5.75 Å². The van der Waals surface area contributed by atoms with Crippen LogP contribution in [0.2, 0.25) is 0 Å². The lowest BCUT2D eigenvalue weighted by Crippen LogP contribution is -2.44. The first-order valence-electron chi connectivity index (χ1n) is 9.87. The molecule has 166 valence electrons. The summed E-state index contributed by atoms with van der Waals surface area (Å²) in [5, 5.41) is 1.54. The Balaban J connectivity index is 1.49. The normalized spacial score (nSPS) is 16.8. The Bertz CT molecular complexity index is 1220. The molecule has 4 rings (SSSR count). The van der Waals surface area contributed by atoms with Crippen LogP contribution in [0.15, 0.2) is 77.7 Å². The number of carbonyl (C=O) groups excluding carboxylic acids is 1. The maximum absolute atomic E-state index is 13.8. The highest BCUT2D eigenvalue weighted by atomic mass is 32.2. The van der Waals surface area contributed by atoms with E-state index < -0.39 is 32.9 Å². The van der Waals surface area contributed by atoms with Gasteiger partial charge in [-0.25, -0.2) is 17.2 Å². The first-order valence-corrected chi connectivity index (χ1v) is 12.4. The molecule has 9 heteroatoms. The monoisotopic (exact) mass is 474 g/mol. The van der Waals surface area contributed by atoms with Gasteiger partial charge in [-0.1, -0.05) is 42.5 Å². The molecular formula is C23H20F2N2O3S2. The molecule has 1 heterocycles. The molecular weight excluding hydrogens is 454 g/mol. The fraction of sp³-hybridized carbons (Fsp3) is 0.174. The second-order valence-electron chi connectivity index (χ2n) is 7.18. The van der Waals surface area contributed by atoms with Gasteiger partial charge in [-0.05, 0) is 41.5 Å². The minimum Gasteiger partial charge on any atom is -0.350 e. The van der Waals surface area contributed by atoms with E-state index in [1.54, 1.807) is 12.1 Å². The summed E-state index contributed by atoms with van der Waals surface area (Å²) in [6.45, 7) is -0.0566. The Morgan fingerprint density at radius 2 is 1.69 bits per heavy atom. The van der Waals surface area contributed by atoms with Crippen LogP contribution in [0.1, 0.15) is 5.56 Å². The summed E-state index contributed by atoms with van der Waals surface area (Å²) in [5.41, 5.74) is 1.84. The lowest BCUT2D eigenvalue weighted by molar-refractivity contribution is -0.122. The second kappa shape index (κ2) is 9.40. The van der Waals surface area contributed by atoms with Crippen LogP contribution < -0.4 is 5.32 Å². The summed E-state index contributed by atoms with van der Waals surface area (Å²) in [5.74, 6) is -1.38. The Kier molecular flexibility index (Phi) is 6.59. The van der Waals surface area contributed by atoms with Crippen LogP contribution in [0.3, 0.4) is 0 Å². The van der Waals surface area contributed by atoms with Crippen LogP contribution in [0, 0.1) is 11.6 Å². The van der Waals surface area contributed by atoms with E-state index in [1.807, 2.05) is 30.3 Å². The summed E-state index contributed by atoms with van der Waals surface area (Å²) in [7, 11) is -3.91. The number of nitrogens with zero attached hydrogens (tertiary/aromatic N) is 1. The van der Waals surface area contributed by atoms with Crippen molar-refractivity contribution in [1.82, 2.24) is 9.62 Å². The largest absolute Gasteiger partial charge is 0.350 e. The molecule has 0 radical (unpaired) electrons. The first kappa shape index (κ1) is 22.4. The van der Waals surface area contributed by atoms with Gasteiger partial charge in [0.1, 0.15) is 17.0 Å². The van der Waals surface area contributed by atoms with Gasteiger partial charge in [-0.15, -0.1) is 11.8 Å². The van der Waals surface area contributed by atoms with Crippen molar-refractivity contribution in [2.45, 2.75) is 16.8 Å². The summed E-state index contributed by atoms with van der Waals surface area (Å²) in [4.78, 5) is 12.8. The zero-order valence-electron chi connectivity index (χ0n) is 16.9. The van der Waals surface area contributed by atoms with Gasteiger partial charge in [0.15, 0.2) is 0 Å². The quantitative estimate of drug-likeness (QED) is 0.586. The van der Waals surface area contributed by atoms with E-state index in [0.717, 1.165) is 33.6 Å². The van der Waals surface area contributed by atoms with Crippen molar-refractivity contribution in [3.63, 3.8) is 0 Å². The highest BCUT2D eigenvalue weighted by molar-refractivity contribution is 8.02. The van der Waals surface area contributed by atoms with Crippen molar-refractivity contribution in [1.29, 1.82) is 0 Å². The highest BCUT2D eigenvalue weighted by Crippen LogP contribution is 2.31. The van der Waals surface area contributed by atoms with Gasteiger partial charge < -0.3 is 5.32 Å². The predicted molar refractivity (Wildman–Crippen MR) is 120 cm³/mol. The molecule has 1 atom stereocenters. The molecule has 0 aromatic heterocycles. The van der Waals surface area contributed by atoms with E-state index >= 15 is 0 Å². The number of benzene rings is 3. The molecule has 1 saturated heterocycles. The maximum atomic E-state index is 13.8. The van der Waals surface area contributed by atoms with Crippen molar-refractivity contribution in [2.24, 2.45) is 0 Å². The second-order valence-corrected chi connectivity index (χ2v) is 10.3. The smallest absolute Gasteiger partial charge is 0.249 e. The van der Waals surface area contributed by atoms with Crippen molar-refractivity contribution < 1.29 is 22.0 Å². The number of hydrogen-bond donors (Lipinski definition) is 1. The van der Waals surface area contributed by atoms with Gasteiger partial charge in [-0.2, -0.15) is 4.31 Å². The number of carbonyl (C=O) groups is 1. The van der Waals surface area contributed by atoms with Crippen LogP contribution in [0.5, 0.6) is 0 Å². The maximum Gasteiger partial charge on any atom is 0.249 e. The summed E-state index contributed by atoms with van der Waals surface area (Å²) in [6, 6.07) is 19.1. The number of thioether (sulfide) groups is 1. The first-order chi connectivity index (χ1) is 15.4. The number of amides is 1. The van der Waals surface area contributed by atoms with Crippen LogP contribution in [-0.2, 0) is 21.4 Å². The molecule has 1 unspecified atom stereocenters. The molecule has 5 nitrogen and oxygen atoms in total. The van der Waals surface area contributed by atoms with Crippen molar-refractivity contribution >= 4 is 27.7 Å². The average Bonchev–Trinajstić information content (AvgIpc) is 3.31. The Morgan fingerprint density at radius 1 is 1.00 bits per heavy atom. The lowest BCUT2D eigenvalue weighted by Gasteiger charge is -2.22. The number of rotatable bonds is 6. The van der Waals surface area contributed by atoms with Gasteiger partial charge in [0, 0.05) is 24.4 Å².